The van der Waals surface area contributed by atoms with E-state index in [9.17, 15) is 9.90 Å². The van der Waals surface area contributed by atoms with Gasteiger partial charge in [0.25, 0.3) is 0 Å². The number of likely N-dealkylation sites (tertiary alicyclic amines) is 1. The van der Waals surface area contributed by atoms with Crippen molar-refractivity contribution in [1.82, 2.24) is 4.90 Å². The Hall–Kier alpha value is -0.910. The highest BCUT2D eigenvalue weighted by molar-refractivity contribution is 7.14. The summed E-state index contributed by atoms with van der Waals surface area (Å²) in [5, 5.41) is 18.5. The largest absolute Gasteiger partial charge is 0.477 e. The lowest BCUT2D eigenvalue weighted by Crippen LogP contribution is -2.31. The number of hydrogen-bond acceptors (Lipinski definition) is 4. The van der Waals surface area contributed by atoms with Gasteiger partial charge in [-0.25, -0.2) is 4.79 Å². The fourth-order valence-electron chi connectivity index (χ4n) is 2.76. The molecule has 1 aliphatic rings. The Labute approximate surface area is 117 Å². The molecule has 2 atom stereocenters. The molecule has 2 rings (SSSR count). The van der Waals surface area contributed by atoms with Crippen LogP contribution >= 0.6 is 11.3 Å². The monoisotopic (exact) mass is 283 g/mol. The molecule has 1 aromatic rings. The Bertz CT molecular complexity index is 456. The van der Waals surface area contributed by atoms with Gasteiger partial charge in [-0.1, -0.05) is 0 Å². The standard InChI is InChI=1S/C14H21NO3S/c1-9(16)6-12-4-3-5-15(12)8-11-7-13(14(17)18)19-10(11)2/h7,9,12,16H,3-6,8H2,1-2H3,(H,17,18). The molecule has 1 saturated heterocycles. The van der Waals surface area contributed by atoms with Gasteiger partial charge in [-0.15, -0.1) is 11.3 Å². The van der Waals surface area contributed by atoms with Crippen LogP contribution < -0.4 is 0 Å². The molecular weight excluding hydrogens is 262 g/mol. The van der Waals surface area contributed by atoms with Crippen molar-refractivity contribution in [3.8, 4) is 0 Å². The molecule has 0 aromatic carbocycles. The predicted molar refractivity (Wildman–Crippen MR) is 75.7 cm³/mol. The van der Waals surface area contributed by atoms with Gasteiger partial charge >= 0.3 is 5.97 Å². The second-order valence-electron chi connectivity index (χ2n) is 5.35. The van der Waals surface area contributed by atoms with E-state index in [0.717, 1.165) is 42.8 Å². The summed E-state index contributed by atoms with van der Waals surface area (Å²) in [7, 11) is 0. The molecule has 0 saturated carbocycles. The van der Waals surface area contributed by atoms with Crippen molar-refractivity contribution in [2.45, 2.75) is 51.8 Å². The van der Waals surface area contributed by atoms with Gasteiger partial charge in [0.2, 0.25) is 0 Å². The molecule has 1 aromatic heterocycles. The Morgan fingerprint density at radius 1 is 1.63 bits per heavy atom. The Morgan fingerprint density at radius 2 is 2.37 bits per heavy atom. The number of carboxylic acid groups (broad SMARTS) is 1. The van der Waals surface area contributed by atoms with Gasteiger partial charge < -0.3 is 10.2 Å². The van der Waals surface area contributed by atoms with E-state index in [2.05, 4.69) is 4.90 Å². The average Bonchev–Trinajstić information content (AvgIpc) is 2.87. The molecule has 0 spiro atoms. The van der Waals surface area contributed by atoms with E-state index in [1.807, 2.05) is 13.8 Å². The number of thiophene rings is 1. The van der Waals surface area contributed by atoms with Crippen molar-refractivity contribution in [2.24, 2.45) is 0 Å². The quantitative estimate of drug-likeness (QED) is 0.871. The third kappa shape index (κ3) is 3.55. The number of aromatic carboxylic acids is 1. The fraction of sp³-hybridized carbons (Fsp3) is 0.643. The minimum absolute atomic E-state index is 0.274. The molecule has 1 aliphatic heterocycles. The number of aliphatic hydroxyl groups is 1. The highest BCUT2D eigenvalue weighted by atomic mass is 32.1. The molecule has 0 amide bonds. The van der Waals surface area contributed by atoms with E-state index in [-0.39, 0.29) is 6.10 Å². The number of carbonyl (C=O) groups is 1. The van der Waals surface area contributed by atoms with E-state index in [1.165, 1.54) is 11.3 Å². The van der Waals surface area contributed by atoms with Crippen LogP contribution in [0.2, 0.25) is 0 Å². The summed E-state index contributed by atoms with van der Waals surface area (Å²) in [4.78, 5) is 14.8. The highest BCUT2D eigenvalue weighted by Gasteiger charge is 2.26. The first-order valence-electron chi connectivity index (χ1n) is 6.72. The highest BCUT2D eigenvalue weighted by Crippen LogP contribution is 2.28. The molecule has 4 nitrogen and oxygen atoms in total. The van der Waals surface area contributed by atoms with E-state index >= 15 is 0 Å². The number of hydrogen-bond donors (Lipinski definition) is 2. The summed E-state index contributed by atoms with van der Waals surface area (Å²) in [6.45, 7) is 5.64. The van der Waals surface area contributed by atoms with E-state index < -0.39 is 5.97 Å². The van der Waals surface area contributed by atoms with Crippen molar-refractivity contribution >= 4 is 17.3 Å². The first kappa shape index (κ1) is 14.5. The Morgan fingerprint density at radius 3 is 2.95 bits per heavy atom. The maximum Gasteiger partial charge on any atom is 0.345 e. The first-order valence-corrected chi connectivity index (χ1v) is 7.53. The lowest BCUT2D eigenvalue weighted by atomic mass is 10.1. The van der Waals surface area contributed by atoms with E-state index in [1.54, 1.807) is 6.07 Å². The van der Waals surface area contributed by atoms with Gasteiger partial charge in [0.05, 0.1) is 6.10 Å². The van der Waals surface area contributed by atoms with Crippen molar-refractivity contribution < 1.29 is 15.0 Å². The topological polar surface area (TPSA) is 60.8 Å². The summed E-state index contributed by atoms with van der Waals surface area (Å²) in [6.07, 6.45) is 2.81. The second kappa shape index (κ2) is 6.03. The molecule has 2 heterocycles. The fourth-order valence-corrected chi connectivity index (χ4v) is 3.64. The number of carboxylic acids is 1. The molecule has 2 unspecified atom stereocenters. The maximum absolute atomic E-state index is 11.0. The normalized spacial score (nSPS) is 21.7. The van der Waals surface area contributed by atoms with E-state index in [4.69, 9.17) is 5.11 Å². The number of rotatable bonds is 5. The van der Waals surface area contributed by atoms with Gasteiger partial charge in [0.1, 0.15) is 4.88 Å². The number of nitrogens with zero attached hydrogens (tertiary/aromatic N) is 1. The third-order valence-corrected chi connectivity index (χ3v) is 4.80. The van der Waals surface area contributed by atoms with Gasteiger partial charge in [-0.05, 0) is 51.3 Å². The molecule has 0 bridgehead atoms. The van der Waals surface area contributed by atoms with Crippen molar-refractivity contribution in [2.75, 3.05) is 6.54 Å². The molecule has 5 heteroatoms. The summed E-state index contributed by atoms with van der Waals surface area (Å²) in [5.41, 5.74) is 1.11. The van der Waals surface area contributed by atoms with Gasteiger partial charge in [-0.3, -0.25) is 4.90 Å². The third-order valence-electron chi connectivity index (χ3n) is 3.72. The second-order valence-corrected chi connectivity index (χ2v) is 6.60. The lowest BCUT2D eigenvalue weighted by molar-refractivity contribution is 0.0702. The predicted octanol–water partition coefficient (Wildman–Crippen LogP) is 2.49. The van der Waals surface area contributed by atoms with Crippen molar-refractivity contribution in [3.05, 3.63) is 21.4 Å². The van der Waals surface area contributed by atoms with E-state index in [0.29, 0.717) is 10.9 Å². The van der Waals surface area contributed by atoms with Gasteiger partial charge in [0, 0.05) is 17.5 Å². The van der Waals surface area contributed by atoms with Crippen LogP contribution in [0.1, 0.15) is 46.3 Å². The molecule has 0 radical (unpaired) electrons. The number of aryl methyl sites for hydroxylation is 1. The smallest absolute Gasteiger partial charge is 0.345 e. The van der Waals surface area contributed by atoms with Crippen LogP contribution in [0.4, 0.5) is 0 Å². The van der Waals surface area contributed by atoms with Crippen LogP contribution in [-0.2, 0) is 6.54 Å². The maximum atomic E-state index is 11.0. The summed E-state index contributed by atoms with van der Waals surface area (Å²) >= 11 is 1.35. The van der Waals surface area contributed by atoms with Crippen molar-refractivity contribution in [1.29, 1.82) is 0 Å². The van der Waals surface area contributed by atoms with Crippen LogP contribution in [-0.4, -0.2) is 39.8 Å². The van der Waals surface area contributed by atoms with Gasteiger partial charge in [-0.2, -0.15) is 0 Å². The van der Waals surface area contributed by atoms with Crippen LogP contribution in [0.3, 0.4) is 0 Å². The Balaban J connectivity index is 2.05. The number of aliphatic hydroxyl groups excluding tert-OH is 1. The van der Waals surface area contributed by atoms with Crippen LogP contribution in [0, 0.1) is 6.92 Å². The zero-order valence-electron chi connectivity index (χ0n) is 11.4. The zero-order chi connectivity index (χ0) is 14.0. The van der Waals surface area contributed by atoms with Gasteiger partial charge in [0.15, 0.2) is 0 Å². The zero-order valence-corrected chi connectivity index (χ0v) is 12.2. The van der Waals surface area contributed by atoms with Crippen LogP contribution in [0.15, 0.2) is 6.07 Å². The minimum atomic E-state index is -0.846. The lowest BCUT2D eigenvalue weighted by Gasteiger charge is -2.25. The summed E-state index contributed by atoms with van der Waals surface area (Å²) in [5.74, 6) is -0.846. The summed E-state index contributed by atoms with van der Waals surface area (Å²) < 4.78 is 0. The van der Waals surface area contributed by atoms with Crippen LogP contribution in [0.5, 0.6) is 0 Å². The SMILES string of the molecule is Cc1sc(C(=O)O)cc1CN1CCCC1CC(C)O. The Kier molecular flexibility index (Phi) is 4.60. The molecule has 1 fully saturated rings. The molecular formula is C14H21NO3S. The average molecular weight is 283 g/mol. The molecule has 2 N–H and O–H groups in total. The molecule has 0 aliphatic carbocycles. The molecule has 106 valence electrons. The molecule has 19 heavy (non-hydrogen) atoms. The van der Waals surface area contributed by atoms with Crippen molar-refractivity contribution in [3.63, 3.8) is 0 Å². The van der Waals surface area contributed by atoms with Crippen LogP contribution in [0.25, 0.3) is 0 Å². The first-order chi connectivity index (χ1) is 8.97. The minimum Gasteiger partial charge on any atom is -0.477 e. The summed E-state index contributed by atoms with van der Waals surface area (Å²) in [6, 6.07) is 2.22.